The Labute approximate surface area is 172 Å². The molecule has 0 saturated heterocycles. The van der Waals surface area contributed by atoms with E-state index >= 15 is 0 Å². The first-order valence-electron chi connectivity index (χ1n) is 9.85. The molecule has 0 fully saturated rings. The maximum Gasteiger partial charge on any atom is 0.214 e. The summed E-state index contributed by atoms with van der Waals surface area (Å²) in [4.78, 5) is 9.06. The van der Waals surface area contributed by atoms with E-state index in [0.29, 0.717) is 25.6 Å². The fourth-order valence-electron chi connectivity index (χ4n) is 2.79. The lowest BCUT2D eigenvalue weighted by atomic mass is 10.1. The Bertz CT molecular complexity index is 916. The molecule has 0 spiro atoms. The minimum atomic E-state index is 0.492. The van der Waals surface area contributed by atoms with Gasteiger partial charge in [-0.2, -0.15) is 0 Å². The van der Waals surface area contributed by atoms with Crippen LogP contribution in [0.15, 0.2) is 64.0 Å². The third kappa shape index (κ3) is 6.38. The van der Waals surface area contributed by atoms with Crippen LogP contribution in [0.25, 0.3) is 0 Å². The van der Waals surface area contributed by atoms with Crippen molar-refractivity contribution in [3.63, 3.8) is 0 Å². The van der Waals surface area contributed by atoms with Crippen LogP contribution in [-0.2, 0) is 19.7 Å². The molecule has 152 valence electrons. The van der Waals surface area contributed by atoms with Crippen molar-refractivity contribution in [2.45, 2.75) is 40.5 Å². The first kappa shape index (κ1) is 20.5. The van der Waals surface area contributed by atoms with Crippen LogP contribution in [0.1, 0.15) is 35.4 Å². The van der Waals surface area contributed by atoms with Gasteiger partial charge in [-0.25, -0.2) is 9.98 Å². The number of benzene rings is 2. The molecule has 6 nitrogen and oxygen atoms in total. The summed E-state index contributed by atoms with van der Waals surface area (Å²) < 4.78 is 11.4. The van der Waals surface area contributed by atoms with Crippen molar-refractivity contribution < 1.29 is 9.15 Å². The molecule has 0 amide bonds. The fourth-order valence-corrected chi connectivity index (χ4v) is 2.79. The molecule has 3 rings (SSSR count). The van der Waals surface area contributed by atoms with Gasteiger partial charge in [0.05, 0.1) is 18.8 Å². The van der Waals surface area contributed by atoms with E-state index in [9.17, 15) is 0 Å². The van der Waals surface area contributed by atoms with E-state index < -0.39 is 0 Å². The van der Waals surface area contributed by atoms with Crippen LogP contribution < -0.4 is 15.4 Å². The van der Waals surface area contributed by atoms with Gasteiger partial charge in [-0.1, -0.05) is 42.5 Å². The van der Waals surface area contributed by atoms with Crippen molar-refractivity contribution in [3.8, 4) is 5.75 Å². The van der Waals surface area contributed by atoms with E-state index in [2.05, 4.69) is 38.8 Å². The zero-order chi connectivity index (χ0) is 20.5. The van der Waals surface area contributed by atoms with Crippen LogP contribution >= 0.6 is 0 Å². The van der Waals surface area contributed by atoms with Crippen LogP contribution in [0.4, 0.5) is 0 Å². The summed E-state index contributed by atoms with van der Waals surface area (Å²) in [5.41, 5.74) is 3.16. The fraction of sp³-hybridized carbons (Fsp3) is 0.304. The topological polar surface area (TPSA) is 71.7 Å². The molecule has 2 N–H and O–H groups in total. The van der Waals surface area contributed by atoms with Crippen LogP contribution in [-0.4, -0.2) is 17.5 Å². The summed E-state index contributed by atoms with van der Waals surface area (Å²) in [5.74, 6) is 3.10. The molecule has 6 heteroatoms. The average Bonchev–Trinajstić information content (AvgIpc) is 3.07. The minimum absolute atomic E-state index is 0.492. The van der Waals surface area contributed by atoms with Gasteiger partial charge in [-0.15, -0.1) is 0 Å². The van der Waals surface area contributed by atoms with Gasteiger partial charge in [0.2, 0.25) is 5.89 Å². The van der Waals surface area contributed by atoms with Gasteiger partial charge in [0, 0.05) is 6.54 Å². The Kier molecular flexibility index (Phi) is 7.28. The number of nitrogens with zero attached hydrogens (tertiary/aromatic N) is 2. The first-order chi connectivity index (χ1) is 14.1. The summed E-state index contributed by atoms with van der Waals surface area (Å²) >= 11 is 0. The summed E-state index contributed by atoms with van der Waals surface area (Å²) in [5, 5.41) is 6.52. The molecule has 1 aromatic heterocycles. The Morgan fingerprint density at radius 2 is 1.83 bits per heavy atom. The Morgan fingerprint density at radius 1 is 1.03 bits per heavy atom. The smallest absolute Gasteiger partial charge is 0.214 e. The lowest BCUT2D eigenvalue weighted by Crippen LogP contribution is -2.36. The second-order valence-corrected chi connectivity index (χ2v) is 6.72. The standard InChI is InChI=1S/C23H28N4O2/c1-4-24-23(26-15-22-27-17(2)18(3)29-22)25-14-19-9-8-10-20(13-19)16-28-21-11-6-5-7-12-21/h5-13H,4,14-16H2,1-3H3,(H2,24,25,26). The second-order valence-electron chi connectivity index (χ2n) is 6.72. The first-order valence-corrected chi connectivity index (χ1v) is 9.85. The molecule has 0 unspecified atom stereocenters. The van der Waals surface area contributed by atoms with E-state index in [0.717, 1.165) is 40.8 Å². The number of rotatable bonds is 8. The summed E-state index contributed by atoms with van der Waals surface area (Å²) in [6.45, 7) is 8.26. The molecule has 0 bridgehead atoms. The molecule has 2 aromatic carbocycles. The van der Waals surface area contributed by atoms with Gasteiger partial charge < -0.3 is 19.8 Å². The van der Waals surface area contributed by atoms with Crippen LogP contribution in [0.3, 0.4) is 0 Å². The van der Waals surface area contributed by atoms with Gasteiger partial charge >= 0.3 is 0 Å². The largest absolute Gasteiger partial charge is 0.489 e. The number of guanidine groups is 1. The van der Waals surface area contributed by atoms with Gasteiger partial charge in [-0.05, 0) is 44.0 Å². The van der Waals surface area contributed by atoms with Gasteiger partial charge in [0.1, 0.15) is 18.1 Å². The number of hydrogen-bond donors (Lipinski definition) is 2. The SMILES string of the molecule is CCNC(=NCc1cccc(COc2ccccc2)c1)NCc1nc(C)c(C)o1. The summed E-state index contributed by atoms with van der Waals surface area (Å²) in [6.07, 6.45) is 0. The highest BCUT2D eigenvalue weighted by atomic mass is 16.5. The number of nitrogens with one attached hydrogen (secondary N) is 2. The van der Waals surface area contributed by atoms with Crippen LogP contribution in [0.2, 0.25) is 0 Å². The van der Waals surface area contributed by atoms with Gasteiger partial charge in [0.15, 0.2) is 5.96 Å². The van der Waals surface area contributed by atoms with Crippen molar-refractivity contribution in [3.05, 3.63) is 83.1 Å². The quantitative estimate of drug-likeness (QED) is 0.446. The van der Waals surface area contributed by atoms with Gasteiger partial charge in [-0.3, -0.25) is 0 Å². The van der Waals surface area contributed by atoms with E-state index in [1.165, 1.54) is 0 Å². The maximum atomic E-state index is 5.83. The molecular formula is C23H28N4O2. The average molecular weight is 393 g/mol. The number of para-hydroxylation sites is 1. The predicted molar refractivity (Wildman–Crippen MR) is 115 cm³/mol. The monoisotopic (exact) mass is 392 g/mol. The lowest BCUT2D eigenvalue weighted by Gasteiger charge is -2.10. The molecule has 0 radical (unpaired) electrons. The number of aryl methyl sites for hydroxylation is 2. The molecule has 3 aromatic rings. The third-order valence-electron chi connectivity index (χ3n) is 4.38. The van der Waals surface area contributed by atoms with E-state index in [-0.39, 0.29) is 0 Å². The van der Waals surface area contributed by atoms with E-state index in [1.54, 1.807) is 0 Å². The summed E-state index contributed by atoms with van der Waals surface area (Å²) in [7, 11) is 0. The highest BCUT2D eigenvalue weighted by Crippen LogP contribution is 2.13. The molecule has 1 heterocycles. The molecule has 0 saturated carbocycles. The number of aliphatic imine (C=N–C) groups is 1. The number of oxazole rings is 1. The van der Waals surface area contributed by atoms with Crippen molar-refractivity contribution in [1.29, 1.82) is 0 Å². The normalized spacial score (nSPS) is 11.3. The second kappa shape index (κ2) is 10.3. The maximum absolute atomic E-state index is 5.83. The molecule has 0 aliphatic carbocycles. The van der Waals surface area contributed by atoms with Crippen LogP contribution in [0.5, 0.6) is 5.75 Å². The van der Waals surface area contributed by atoms with Crippen molar-refractivity contribution in [2.24, 2.45) is 4.99 Å². The summed E-state index contributed by atoms with van der Waals surface area (Å²) in [6, 6.07) is 18.1. The predicted octanol–water partition coefficient (Wildman–Crippen LogP) is 4.13. The molecule has 0 aliphatic rings. The Morgan fingerprint density at radius 3 is 2.55 bits per heavy atom. The lowest BCUT2D eigenvalue weighted by molar-refractivity contribution is 0.306. The number of ether oxygens (including phenoxy) is 1. The van der Waals surface area contributed by atoms with Crippen LogP contribution in [0, 0.1) is 13.8 Å². The van der Waals surface area contributed by atoms with E-state index in [1.807, 2.05) is 57.2 Å². The molecule has 29 heavy (non-hydrogen) atoms. The Hall–Kier alpha value is -3.28. The van der Waals surface area contributed by atoms with Crippen molar-refractivity contribution >= 4 is 5.96 Å². The van der Waals surface area contributed by atoms with Gasteiger partial charge in [0.25, 0.3) is 0 Å². The van der Waals surface area contributed by atoms with Crippen molar-refractivity contribution in [1.82, 2.24) is 15.6 Å². The molecule has 0 atom stereocenters. The zero-order valence-corrected chi connectivity index (χ0v) is 17.2. The zero-order valence-electron chi connectivity index (χ0n) is 17.2. The highest BCUT2D eigenvalue weighted by Gasteiger charge is 2.06. The Balaban J connectivity index is 1.58. The number of hydrogen-bond acceptors (Lipinski definition) is 4. The van der Waals surface area contributed by atoms with E-state index in [4.69, 9.17) is 9.15 Å². The minimum Gasteiger partial charge on any atom is -0.489 e. The third-order valence-corrected chi connectivity index (χ3v) is 4.38. The highest BCUT2D eigenvalue weighted by molar-refractivity contribution is 5.79. The number of aromatic nitrogens is 1. The molecular weight excluding hydrogens is 364 g/mol. The van der Waals surface area contributed by atoms with Crippen molar-refractivity contribution in [2.75, 3.05) is 6.54 Å². The molecule has 0 aliphatic heterocycles.